The second kappa shape index (κ2) is 14.4. The van der Waals surface area contributed by atoms with Crippen molar-refractivity contribution in [2.75, 3.05) is 17.5 Å². The van der Waals surface area contributed by atoms with E-state index >= 15 is 0 Å². The molecule has 3 aromatic rings. The van der Waals surface area contributed by atoms with Gasteiger partial charge in [-0.25, -0.2) is 8.42 Å². The van der Waals surface area contributed by atoms with Crippen LogP contribution < -0.4 is 14.4 Å². The molecule has 2 amide bonds. The highest BCUT2D eigenvalue weighted by molar-refractivity contribution is 7.92. The molecule has 3 aromatic carbocycles. The molecule has 1 N–H and O–H groups in total. The number of hydrogen-bond donors (Lipinski definition) is 1. The van der Waals surface area contributed by atoms with Crippen LogP contribution in [0.1, 0.15) is 45.2 Å². The van der Waals surface area contributed by atoms with Crippen LogP contribution in [0.5, 0.6) is 5.75 Å². The SMILES string of the molecule is CCOc1ccc(N(CC(=O)N(Cc2ccccc2Cl)C(C)C(=O)NC(C)CC)S(=O)(=O)c2ccc(C)cc2)cc1. The van der Waals surface area contributed by atoms with Gasteiger partial charge in [0.25, 0.3) is 10.0 Å². The number of amides is 2. The molecule has 0 saturated heterocycles. The summed E-state index contributed by atoms with van der Waals surface area (Å²) in [6, 6.07) is 19.0. The zero-order valence-corrected chi connectivity index (χ0v) is 25.7. The lowest BCUT2D eigenvalue weighted by atomic mass is 10.1. The molecule has 0 aromatic heterocycles. The van der Waals surface area contributed by atoms with Gasteiger partial charge >= 0.3 is 0 Å². The minimum absolute atomic E-state index is 0.0231. The topological polar surface area (TPSA) is 96.0 Å². The number of carbonyl (C=O) groups excluding carboxylic acids is 2. The van der Waals surface area contributed by atoms with Crippen molar-refractivity contribution < 1.29 is 22.7 Å². The van der Waals surface area contributed by atoms with Gasteiger partial charge in [0.15, 0.2) is 0 Å². The van der Waals surface area contributed by atoms with E-state index < -0.39 is 28.5 Å². The molecule has 220 valence electrons. The summed E-state index contributed by atoms with van der Waals surface area (Å²) in [6.45, 7) is 9.12. The van der Waals surface area contributed by atoms with Crippen LogP contribution in [0.15, 0.2) is 77.7 Å². The Morgan fingerprint density at radius 2 is 1.59 bits per heavy atom. The number of halogens is 1. The molecule has 2 atom stereocenters. The third-order valence-corrected chi connectivity index (χ3v) is 8.95. The molecule has 0 bridgehead atoms. The van der Waals surface area contributed by atoms with E-state index in [1.54, 1.807) is 67.6 Å². The van der Waals surface area contributed by atoms with E-state index in [-0.39, 0.29) is 29.1 Å². The minimum Gasteiger partial charge on any atom is -0.494 e. The highest BCUT2D eigenvalue weighted by Gasteiger charge is 2.33. The highest BCUT2D eigenvalue weighted by atomic mass is 35.5. The number of carbonyl (C=O) groups is 2. The number of rotatable bonds is 13. The highest BCUT2D eigenvalue weighted by Crippen LogP contribution is 2.27. The number of anilines is 1. The van der Waals surface area contributed by atoms with Crippen LogP contribution in [0.3, 0.4) is 0 Å². The van der Waals surface area contributed by atoms with E-state index in [1.807, 2.05) is 27.7 Å². The molecule has 0 aliphatic heterocycles. The summed E-state index contributed by atoms with van der Waals surface area (Å²) in [4.78, 5) is 28.6. The Morgan fingerprint density at radius 1 is 0.951 bits per heavy atom. The summed E-state index contributed by atoms with van der Waals surface area (Å²) in [5.41, 5.74) is 1.83. The molecular weight excluding hydrogens is 562 g/mol. The smallest absolute Gasteiger partial charge is 0.264 e. The van der Waals surface area contributed by atoms with Crippen LogP contribution >= 0.6 is 11.6 Å². The average Bonchev–Trinajstić information content (AvgIpc) is 2.95. The van der Waals surface area contributed by atoms with Gasteiger partial charge < -0.3 is 15.0 Å². The lowest BCUT2D eigenvalue weighted by Crippen LogP contribution is -2.52. The van der Waals surface area contributed by atoms with E-state index in [2.05, 4.69) is 5.32 Å². The van der Waals surface area contributed by atoms with Gasteiger partial charge in [0.1, 0.15) is 18.3 Å². The number of sulfonamides is 1. The van der Waals surface area contributed by atoms with Crippen molar-refractivity contribution in [2.45, 2.75) is 64.6 Å². The Balaban J connectivity index is 2.04. The van der Waals surface area contributed by atoms with Crippen molar-refractivity contribution in [3.8, 4) is 5.75 Å². The molecule has 0 saturated carbocycles. The Hall–Kier alpha value is -3.56. The van der Waals surface area contributed by atoms with E-state index in [4.69, 9.17) is 16.3 Å². The number of nitrogens with zero attached hydrogens (tertiary/aromatic N) is 2. The van der Waals surface area contributed by atoms with Crippen LogP contribution in [0.4, 0.5) is 5.69 Å². The molecular formula is C31H38ClN3O5S. The van der Waals surface area contributed by atoms with Crippen molar-refractivity contribution in [1.82, 2.24) is 10.2 Å². The normalized spacial score (nSPS) is 12.7. The summed E-state index contributed by atoms with van der Waals surface area (Å²) in [5.74, 6) is -0.319. The first kappa shape index (κ1) is 32.0. The maximum Gasteiger partial charge on any atom is 0.264 e. The zero-order valence-electron chi connectivity index (χ0n) is 24.1. The number of hydrogen-bond acceptors (Lipinski definition) is 5. The molecule has 0 radical (unpaired) electrons. The fourth-order valence-corrected chi connectivity index (χ4v) is 5.71. The van der Waals surface area contributed by atoms with Crippen molar-refractivity contribution in [2.24, 2.45) is 0 Å². The molecule has 0 aliphatic rings. The predicted octanol–water partition coefficient (Wildman–Crippen LogP) is 5.57. The molecule has 10 heteroatoms. The van der Waals surface area contributed by atoms with Gasteiger partial charge in [0, 0.05) is 17.6 Å². The minimum atomic E-state index is -4.16. The summed E-state index contributed by atoms with van der Waals surface area (Å²) in [7, 11) is -4.16. The van der Waals surface area contributed by atoms with Crippen molar-refractivity contribution in [3.05, 3.63) is 88.9 Å². The maximum absolute atomic E-state index is 14.0. The number of nitrogens with one attached hydrogen (secondary N) is 1. The maximum atomic E-state index is 14.0. The molecule has 2 unspecified atom stereocenters. The van der Waals surface area contributed by atoms with E-state index in [9.17, 15) is 18.0 Å². The largest absolute Gasteiger partial charge is 0.494 e. The van der Waals surface area contributed by atoms with Crippen molar-refractivity contribution >= 4 is 39.1 Å². The predicted molar refractivity (Wildman–Crippen MR) is 163 cm³/mol. The molecule has 0 spiro atoms. The first-order chi connectivity index (χ1) is 19.5. The van der Waals surface area contributed by atoms with Gasteiger partial charge in [-0.15, -0.1) is 0 Å². The summed E-state index contributed by atoms with van der Waals surface area (Å²) >= 11 is 6.41. The molecule has 3 rings (SSSR count). The molecule has 0 heterocycles. The lowest BCUT2D eigenvalue weighted by molar-refractivity contribution is -0.139. The lowest BCUT2D eigenvalue weighted by Gasteiger charge is -2.32. The first-order valence-corrected chi connectivity index (χ1v) is 15.4. The van der Waals surface area contributed by atoms with E-state index in [1.165, 1.54) is 17.0 Å². The van der Waals surface area contributed by atoms with E-state index in [0.29, 0.717) is 22.9 Å². The third-order valence-electron chi connectivity index (χ3n) is 6.79. The van der Waals surface area contributed by atoms with Gasteiger partial charge in [0.05, 0.1) is 17.2 Å². The standard InChI is InChI=1S/C31H38ClN3O5S/c1-6-23(4)33-31(37)24(5)34(20-25-10-8-9-11-29(25)32)30(36)21-35(26-14-16-27(17-15-26)40-7-2)41(38,39)28-18-12-22(3)13-19-28/h8-19,23-24H,6-7,20-21H2,1-5H3,(H,33,37). The Kier molecular flexibility index (Phi) is 11.2. The van der Waals surface area contributed by atoms with Crippen molar-refractivity contribution in [1.29, 1.82) is 0 Å². The van der Waals surface area contributed by atoms with E-state index in [0.717, 1.165) is 16.3 Å². The van der Waals surface area contributed by atoms with Gasteiger partial charge in [-0.05, 0) is 82.1 Å². The van der Waals surface area contributed by atoms with Gasteiger partial charge in [0.2, 0.25) is 11.8 Å². The van der Waals surface area contributed by atoms with Crippen LogP contribution in [-0.2, 0) is 26.2 Å². The van der Waals surface area contributed by atoms with Gasteiger partial charge in [-0.2, -0.15) is 0 Å². The Morgan fingerprint density at radius 3 is 2.17 bits per heavy atom. The fourth-order valence-electron chi connectivity index (χ4n) is 4.10. The second-order valence-electron chi connectivity index (χ2n) is 9.86. The second-order valence-corrected chi connectivity index (χ2v) is 12.1. The molecule has 8 nitrogen and oxygen atoms in total. The van der Waals surface area contributed by atoms with Gasteiger partial charge in [-0.3, -0.25) is 13.9 Å². The fraction of sp³-hybridized carbons (Fsp3) is 0.355. The van der Waals surface area contributed by atoms with Crippen LogP contribution in [-0.4, -0.2) is 50.4 Å². The first-order valence-electron chi connectivity index (χ1n) is 13.6. The van der Waals surface area contributed by atoms with Crippen LogP contribution in [0, 0.1) is 6.92 Å². The quantitative estimate of drug-likeness (QED) is 0.277. The zero-order chi connectivity index (χ0) is 30.2. The summed E-state index contributed by atoms with van der Waals surface area (Å²) < 4.78 is 34.5. The van der Waals surface area contributed by atoms with Gasteiger partial charge in [-0.1, -0.05) is 54.4 Å². The Labute approximate surface area is 248 Å². The third kappa shape index (κ3) is 8.24. The summed E-state index contributed by atoms with van der Waals surface area (Å²) in [6.07, 6.45) is 0.719. The van der Waals surface area contributed by atoms with Crippen molar-refractivity contribution in [3.63, 3.8) is 0 Å². The summed E-state index contributed by atoms with van der Waals surface area (Å²) in [5, 5.41) is 3.36. The molecule has 41 heavy (non-hydrogen) atoms. The average molecular weight is 600 g/mol. The number of aryl methyl sites for hydroxylation is 1. The Bertz CT molecular complexity index is 1430. The number of ether oxygens (including phenoxy) is 1. The van der Waals surface area contributed by atoms with Crippen LogP contribution in [0.2, 0.25) is 5.02 Å². The molecule has 0 fully saturated rings. The number of benzene rings is 3. The molecule has 0 aliphatic carbocycles. The van der Waals surface area contributed by atoms with Crippen LogP contribution in [0.25, 0.3) is 0 Å². The monoisotopic (exact) mass is 599 g/mol.